The molecule has 0 aliphatic carbocycles. The van der Waals surface area contributed by atoms with E-state index in [4.69, 9.17) is 10.5 Å². The number of hydrogen-bond donors (Lipinski definition) is 1. The second-order valence-corrected chi connectivity index (χ2v) is 2.64. The lowest BCUT2D eigenvalue weighted by molar-refractivity contribution is 0.182. The second-order valence-electron chi connectivity index (χ2n) is 1.46. The highest BCUT2D eigenvalue weighted by Crippen LogP contribution is 2.17. The number of nitrogens with zero attached hydrogens (tertiary/aromatic N) is 1. The molecular weight excluding hydrogens is 124 g/mol. The largest absolute Gasteiger partial charge is 0.378 e. The quantitative estimate of drug-likeness (QED) is 0.547. The predicted molar refractivity (Wildman–Crippen MR) is 34.9 cm³/mol. The molecule has 0 aromatic heterocycles. The maximum absolute atomic E-state index is 5.33. The van der Waals surface area contributed by atoms with Gasteiger partial charge in [-0.25, -0.2) is 0 Å². The Morgan fingerprint density at radius 1 is 2.00 bits per heavy atom. The van der Waals surface area contributed by atoms with E-state index in [1.807, 2.05) is 0 Å². The van der Waals surface area contributed by atoms with E-state index < -0.39 is 0 Å². The van der Waals surface area contributed by atoms with Crippen molar-refractivity contribution >= 4 is 16.9 Å². The fourth-order valence-electron chi connectivity index (χ4n) is 0.496. The normalized spacial score (nSPS) is 28.1. The summed E-state index contributed by atoms with van der Waals surface area (Å²) >= 11 is 1.47. The molecule has 8 heavy (non-hydrogen) atoms. The average Bonchev–Trinajstić information content (AvgIpc) is 2.14. The van der Waals surface area contributed by atoms with Crippen LogP contribution in [0.3, 0.4) is 0 Å². The number of amidine groups is 1. The van der Waals surface area contributed by atoms with Crippen molar-refractivity contribution in [1.29, 1.82) is 0 Å². The van der Waals surface area contributed by atoms with Crippen molar-refractivity contribution in [2.75, 3.05) is 13.7 Å². The van der Waals surface area contributed by atoms with E-state index in [2.05, 4.69) is 4.99 Å². The molecule has 1 heterocycles. The number of aliphatic imine (C=N–C) groups is 1. The van der Waals surface area contributed by atoms with Crippen LogP contribution in [0.2, 0.25) is 0 Å². The zero-order valence-electron chi connectivity index (χ0n) is 4.63. The third kappa shape index (κ3) is 1.14. The summed E-state index contributed by atoms with van der Waals surface area (Å²) in [6, 6.07) is 0. The molecule has 1 aliphatic rings. The van der Waals surface area contributed by atoms with E-state index >= 15 is 0 Å². The minimum absolute atomic E-state index is 0.162. The van der Waals surface area contributed by atoms with Crippen LogP contribution in [-0.4, -0.2) is 24.3 Å². The molecule has 1 rings (SSSR count). The standard InChI is InChI=1S/C4H8N2OS/c1-7-3-2-6-4(5)8-3/h3H,2H2,1H3,(H2,5,6). The molecule has 0 saturated carbocycles. The maximum Gasteiger partial charge on any atom is 0.156 e. The molecule has 46 valence electrons. The van der Waals surface area contributed by atoms with Crippen LogP contribution in [-0.2, 0) is 4.74 Å². The van der Waals surface area contributed by atoms with Crippen LogP contribution in [0.1, 0.15) is 0 Å². The molecule has 0 aromatic carbocycles. The Bertz CT molecular complexity index is 115. The summed E-state index contributed by atoms with van der Waals surface area (Å²) < 4.78 is 4.95. The fourth-order valence-corrected chi connectivity index (χ4v) is 1.16. The first kappa shape index (κ1) is 5.91. The number of hydrogen-bond acceptors (Lipinski definition) is 4. The molecule has 1 unspecified atom stereocenters. The summed E-state index contributed by atoms with van der Waals surface area (Å²) in [5, 5.41) is 0.636. The highest BCUT2D eigenvalue weighted by Gasteiger charge is 2.15. The second kappa shape index (κ2) is 2.37. The van der Waals surface area contributed by atoms with Gasteiger partial charge in [-0.05, 0) is 0 Å². The minimum Gasteiger partial charge on any atom is -0.378 e. The van der Waals surface area contributed by atoms with Crippen LogP contribution in [0.5, 0.6) is 0 Å². The zero-order valence-corrected chi connectivity index (χ0v) is 5.44. The van der Waals surface area contributed by atoms with Gasteiger partial charge in [0.25, 0.3) is 0 Å². The molecule has 3 nitrogen and oxygen atoms in total. The molecule has 0 amide bonds. The first-order chi connectivity index (χ1) is 3.83. The Labute approximate surface area is 52.3 Å². The summed E-state index contributed by atoms with van der Waals surface area (Å²) in [6.07, 6.45) is 0. The van der Waals surface area contributed by atoms with Crippen molar-refractivity contribution in [3.63, 3.8) is 0 Å². The molecule has 0 aromatic rings. The van der Waals surface area contributed by atoms with Crippen LogP contribution in [0.15, 0.2) is 4.99 Å². The highest BCUT2D eigenvalue weighted by atomic mass is 32.2. The van der Waals surface area contributed by atoms with Gasteiger partial charge >= 0.3 is 0 Å². The van der Waals surface area contributed by atoms with Crippen molar-refractivity contribution in [2.24, 2.45) is 10.7 Å². The Morgan fingerprint density at radius 2 is 2.75 bits per heavy atom. The molecule has 0 fully saturated rings. The van der Waals surface area contributed by atoms with E-state index in [-0.39, 0.29) is 5.44 Å². The van der Waals surface area contributed by atoms with Gasteiger partial charge in [-0.2, -0.15) is 0 Å². The highest BCUT2D eigenvalue weighted by molar-refractivity contribution is 8.14. The Morgan fingerprint density at radius 3 is 3.00 bits per heavy atom. The fraction of sp³-hybridized carbons (Fsp3) is 0.750. The molecule has 4 heteroatoms. The van der Waals surface area contributed by atoms with Gasteiger partial charge in [0.2, 0.25) is 0 Å². The van der Waals surface area contributed by atoms with E-state index in [1.165, 1.54) is 11.8 Å². The molecule has 2 N–H and O–H groups in total. The third-order valence-electron chi connectivity index (χ3n) is 0.911. The van der Waals surface area contributed by atoms with Gasteiger partial charge in [-0.1, -0.05) is 11.8 Å². The van der Waals surface area contributed by atoms with Gasteiger partial charge < -0.3 is 10.5 Å². The minimum atomic E-state index is 0.162. The van der Waals surface area contributed by atoms with Gasteiger partial charge in [-0.3, -0.25) is 4.99 Å². The topological polar surface area (TPSA) is 47.6 Å². The molecule has 1 aliphatic heterocycles. The lowest BCUT2D eigenvalue weighted by atomic mass is 10.7. The Kier molecular flexibility index (Phi) is 1.75. The van der Waals surface area contributed by atoms with E-state index in [1.54, 1.807) is 7.11 Å². The lowest BCUT2D eigenvalue weighted by Crippen LogP contribution is -2.07. The van der Waals surface area contributed by atoms with Gasteiger partial charge in [0.05, 0.1) is 6.54 Å². The van der Waals surface area contributed by atoms with Crippen LogP contribution in [0, 0.1) is 0 Å². The summed E-state index contributed by atoms with van der Waals surface area (Å²) in [5.74, 6) is 0. The molecule has 0 radical (unpaired) electrons. The molecule has 0 spiro atoms. The van der Waals surface area contributed by atoms with Crippen LogP contribution in [0.25, 0.3) is 0 Å². The van der Waals surface area contributed by atoms with Crippen LogP contribution in [0.4, 0.5) is 0 Å². The smallest absolute Gasteiger partial charge is 0.156 e. The third-order valence-corrected chi connectivity index (χ3v) is 1.89. The van der Waals surface area contributed by atoms with Gasteiger partial charge in [0, 0.05) is 7.11 Å². The summed E-state index contributed by atoms with van der Waals surface area (Å²) in [6.45, 7) is 0.701. The first-order valence-electron chi connectivity index (χ1n) is 2.32. The average molecular weight is 132 g/mol. The van der Waals surface area contributed by atoms with Crippen molar-refractivity contribution in [3.8, 4) is 0 Å². The summed E-state index contributed by atoms with van der Waals surface area (Å²) in [7, 11) is 1.66. The van der Waals surface area contributed by atoms with Crippen molar-refractivity contribution in [2.45, 2.75) is 5.44 Å². The molecule has 0 bridgehead atoms. The van der Waals surface area contributed by atoms with Gasteiger partial charge in [-0.15, -0.1) is 0 Å². The van der Waals surface area contributed by atoms with E-state index in [9.17, 15) is 0 Å². The number of rotatable bonds is 1. The van der Waals surface area contributed by atoms with Crippen molar-refractivity contribution in [1.82, 2.24) is 0 Å². The SMILES string of the molecule is COC1CN=C(N)S1. The van der Waals surface area contributed by atoms with Crippen molar-refractivity contribution < 1.29 is 4.74 Å². The lowest BCUT2D eigenvalue weighted by Gasteiger charge is -2.01. The predicted octanol–water partition coefficient (Wildman–Crippen LogP) is 0.0204. The first-order valence-corrected chi connectivity index (χ1v) is 3.20. The summed E-state index contributed by atoms with van der Waals surface area (Å²) in [5.41, 5.74) is 5.50. The molecule has 1 atom stereocenters. The monoisotopic (exact) mass is 132 g/mol. The zero-order chi connectivity index (χ0) is 5.98. The molecular formula is C4H8N2OS. The number of methoxy groups -OCH3 is 1. The molecule has 0 saturated heterocycles. The van der Waals surface area contributed by atoms with Crippen molar-refractivity contribution in [3.05, 3.63) is 0 Å². The van der Waals surface area contributed by atoms with Gasteiger partial charge in [0.15, 0.2) is 5.17 Å². The summed E-state index contributed by atoms with van der Waals surface area (Å²) in [4.78, 5) is 3.92. The van der Waals surface area contributed by atoms with E-state index in [0.29, 0.717) is 11.7 Å². The number of thioether (sulfide) groups is 1. The van der Waals surface area contributed by atoms with E-state index in [0.717, 1.165) is 0 Å². The number of ether oxygens (including phenoxy) is 1. The Hall–Kier alpha value is -0.220. The Balaban J connectivity index is 2.32. The number of nitrogens with two attached hydrogens (primary N) is 1. The van der Waals surface area contributed by atoms with Gasteiger partial charge in [0.1, 0.15) is 5.44 Å². The maximum atomic E-state index is 5.33. The van der Waals surface area contributed by atoms with Crippen LogP contribution < -0.4 is 5.73 Å². The van der Waals surface area contributed by atoms with Crippen LogP contribution >= 0.6 is 11.8 Å².